The minimum Gasteiger partial charge on any atom is -0.306 e. The molecule has 0 radical (unpaired) electrons. The Morgan fingerprint density at radius 2 is 1.08 bits per heavy atom. The van der Waals surface area contributed by atoms with E-state index in [1.807, 2.05) is 0 Å². The average molecular weight is 184 g/mol. The summed E-state index contributed by atoms with van der Waals surface area (Å²) in [7, 11) is 4.47. The smallest absolute Gasteiger partial charge is 0.00226 e. The highest BCUT2D eigenvalue weighted by molar-refractivity contribution is 4.90. The van der Waals surface area contributed by atoms with Gasteiger partial charge in [-0.25, -0.2) is 0 Å². The van der Waals surface area contributed by atoms with Gasteiger partial charge < -0.3 is 9.80 Å². The van der Waals surface area contributed by atoms with Crippen molar-refractivity contribution in [2.24, 2.45) is 11.8 Å². The number of hydrogen-bond acceptors (Lipinski definition) is 2. The van der Waals surface area contributed by atoms with Gasteiger partial charge >= 0.3 is 0 Å². The molecule has 2 aliphatic rings. The molecule has 0 spiro atoms. The number of nitrogens with zero attached hydrogens (tertiary/aromatic N) is 2. The van der Waals surface area contributed by atoms with Gasteiger partial charge in [0.1, 0.15) is 0 Å². The van der Waals surface area contributed by atoms with Crippen molar-refractivity contribution in [3.63, 3.8) is 0 Å². The van der Waals surface area contributed by atoms with Crippen LogP contribution < -0.4 is 0 Å². The van der Waals surface area contributed by atoms with Gasteiger partial charge in [0.15, 0.2) is 0 Å². The molecule has 2 nitrogen and oxygen atoms in total. The van der Waals surface area contributed by atoms with Crippen molar-refractivity contribution < 1.29 is 0 Å². The maximum absolute atomic E-state index is 2.46. The summed E-state index contributed by atoms with van der Waals surface area (Å²) in [5, 5.41) is 0. The lowest BCUT2D eigenvalue weighted by Crippen LogP contribution is -2.23. The van der Waals surface area contributed by atoms with E-state index in [1.165, 1.54) is 32.6 Å². The van der Waals surface area contributed by atoms with Crippen molar-refractivity contribution in [2.45, 2.75) is 20.3 Å². The van der Waals surface area contributed by atoms with E-state index in [9.17, 15) is 0 Å². The van der Waals surface area contributed by atoms with Gasteiger partial charge in [0.25, 0.3) is 0 Å². The van der Waals surface area contributed by atoms with Gasteiger partial charge in [0.05, 0.1) is 0 Å². The maximum Gasteiger partial charge on any atom is 0.00226 e. The molecule has 0 saturated carbocycles. The van der Waals surface area contributed by atoms with E-state index in [4.69, 9.17) is 0 Å². The summed E-state index contributed by atoms with van der Waals surface area (Å²) in [6.45, 7) is 9.56. The van der Waals surface area contributed by atoms with Gasteiger partial charge in [0.2, 0.25) is 0 Å². The normalized spacial score (nSPS) is 34.2. The highest BCUT2D eigenvalue weighted by atomic mass is 15.2. The van der Waals surface area contributed by atoms with Crippen LogP contribution in [0.2, 0.25) is 0 Å². The van der Waals surface area contributed by atoms with Crippen molar-refractivity contribution in [1.29, 1.82) is 0 Å². The molecule has 13 heavy (non-hydrogen) atoms. The van der Waals surface area contributed by atoms with Crippen LogP contribution in [-0.4, -0.2) is 50.1 Å². The van der Waals surface area contributed by atoms with Crippen LogP contribution in [0.25, 0.3) is 0 Å². The molecule has 2 saturated heterocycles. The van der Waals surface area contributed by atoms with Gasteiger partial charge in [-0.15, -0.1) is 0 Å². The highest BCUT2D eigenvalue weighted by Gasteiger charge is 2.36. The summed E-state index contributed by atoms with van der Waals surface area (Å²) < 4.78 is 0. The Labute approximate surface area is 82.9 Å². The molecule has 0 unspecified atom stereocenters. The van der Waals surface area contributed by atoms with Crippen LogP contribution in [0.1, 0.15) is 20.3 Å². The summed E-state index contributed by atoms with van der Waals surface area (Å²) >= 11 is 0. The van der Waals surface area contributed by atoms with E-state index in [0.29, 0.717) is 0 Å². The Bertz CT molecular complexity index is 119. The number of fused-ring (bicyclic) bond motifs is 1. The van der Waals surface area contributed by atoms with Gasteiger partial charge in [-0.3, -0.25) is 0 Å². The van der Waals surface area contributed by atoms with Crippen LogP contribution in [0.4, 0.5) is 0 Å². The SMILES string of the molecule is CCC.CN1CC2CN(C)CC2C1. The molecule has 0 amide bonds. The second-order valence-electron chi connectivity index (χ2n) is 4.67. The molecular formula is C11H24N2. The predicted molar refractivity (Wildman–Crippen MR) is 57.9 cm³/mol. The molecule has 0 bridgehead atoms. The maximum atomic E-state index is 2.46. The van der Waals surface area contributed by atoms with Crippen molar-refractivity contribution in [3.8, 4) is 0 Å². The fourth-order valence-corrected chi connectivity index (χ4v) is 2.46. The lowest BCUT2D eigenvalue weighted by Gasteiger charge is -2.12. The van der Waals surface area contributed by atoms with Crippen molar-refractivity contribution in [1.82, 2.24) is 9.80 Å². The topological polar surface area (TPSA) is 6.48 Å². The molecule has 0 aromatic rings. The Hall–Kier alpha value is -0.0800. The molecule has 0 atom stereocenters. The quantitative estimate of drug-likeness (QED) is 0.563. The number of rotatable bonds is 0. The van der Waals surface area contributed by atoms with E-state index in [-0.39, 0.29) is 0 Å². The third-order valence-corrected chi connectivity index (χ3v) is 2.85. The van der Waals surface area contributed by atoms with E-state index in [1.54, 1.807) is 0 Å². The second kappa shape index (κ2) is 4.97. The Morgan fingerprint density at radius 1 is 0.846 bits per heavy atom. The molecule has 0 aromatic heterocycles. The second-order valence-corrected chi connectivity index (χ2v) is 4.67. The Morgan fingerprint density at radius 3 is 1.31 bits per heavy atom. The zero-order valence-electron chi connectivity index (χ0n) is 9.58. The first-order chi connectivity index (χ1) is 6.17. The molecule has 0 aromatic carbocycles. The lowest BCUT2D eigenvalue weighted by atomic mass is 10.0. The lowest BCUT2D eigenvalue weighted by molar-refractivity contribution is 0.316. The number of likely N-dealkylation sites (tertiary alicyclic amines) is 2. The first kappa shape index (κ1) is 11.0. The van der Waals surface area contributed by atoms with E-state index in [2.05, 4.69) is 37.7 Å². The summed E-state index contributed by atoms with van der Waals surface area (Å²) in [6, 6.07) is 0. The summed E-state index contributed by atoms with van der Waals surface area (Å²) in [5.41, 5.74) is 0. The summed E-state index contributed by atoms with van der Waals surface area (Å²) in [6.07, 6.45) is 1.25. The van der Waals surface area contributed by atoms with Crippen LogP contribution in [0.15, 0.2) is 0 Å². The first-order valence-corrected chi connectivity index (χ1v) is 5.54. The minimum absolute atomic E-state index is 0.981. The predicted octanol–water partition coefficient (Wildman–Crippen LogP) is 1.53. The highest BCUT2D eigenvalue weighted by Crippen LogP contribution is 2.28. The third kappa shape index (κ3) is 2.96. The monoisotopic (exact) mass is 184 g/mol. The molecule has 78 valence electrons. The molecular weight excluding hydrogens is 160 g/mol. The minimum atomic E-state index is 0.981. The summed E-state index contributed by atoms with van der Waals surface area (Å²) in [4.78, 5) is 4.92. The third-order valence-electron chi connectivity index (χ3n) is 2.85. The molecule has 2 fully saturated rings. The first-order valence-electron chi connectivity index (χ1n) is 5.54. The number of hydrogen-bond donors (Lipinski definition) is 0. The van der Waals surface area contributed by atoms with Gasteiger partial charge in [-0.05, 0) is 25.9 Å². The van der Waals surface area contributed by atoms with E-state index >= 15 is 0 Å². The zero-order valence-corrected chi connectivity index (χ0v) is 9.58. The molecule has 2 aliphatic heterocycles. The standard InChI is InChI=1S/C8H16N2.C3H8/c1-9-3-7-5-10(2)6-8(7)4-9;1-3-2/h7-8H,3-6H2,1-2H3;3H2,1-2H3. The molecule has 2 heterocycles. The summed E-state index contributed by atoms with van der Waals surface area (Å²) in [5.74, 6) is 1.96. The van der Waals surface area contributed by atoms with Gasteiger partial charge in [0, 0.05) is 26.2 Å². The van der Waals surface area contributed by atoms with Crippen molar-refractivity contribution in [2.75, 3.05) is 40.3 Å². The Balaban J connectivity index is 0.000000251. The van der Waals surface area contributed by atoms with E-state index in [0.717, 1.165) is 11.8 Å². The fourth-order valence-electron chi connectivity index (χ4n) is 2.46. The molecule has 2 rings (SSSR count). The van der Waals surface area contributed by atoms with Crippen molar-refractivity contribution in [3.05, 3.63) is 0 Å². The van der Waals surface area contributed by atoms with Crippen LogP contribution in [-0.2, 0) is 0 Å². The average Bonchev–Trinajstić information content (AvgIpc) is 2.44. The molecule has 0 N–H and O–H groups in total. The largest absolute Gasteiger partial charge is 0.306 e. The molecule has 2 heteroatoms. The molecule has 0 aliphatic carbocycles. The fraction of sp³-hybridized carbons (Fsp3) is 1.00. The Kier molecular flexibility index (Phi) is 4.20. The van der Waals surface area contributed by atoms with E-state index < -0.39 is 0 Å². The van der Waals surface area contributed by atoms with Gasteiger partial charge in [-0.1, -0.05) is 20.3 Å². The van der Waals surface area contributed by atoms with Gasteiger partial charge in [-0.2, -0.15) is 0 Å². The zero-order chi connectivity index (χ0) is 9.84. The van der Waals surface area contributed by atoms with Crippen LogP contribution in [0.5, 0.6) is 0 Å². The van der Waals surface area contributed by atoms with Crippen LogP contribution in [0, 0.1) is 11.8 Å². The van der Waals surface area contributed by atoms with Crippen LogP contribution >= 0.6 is 0 Å². The van der Waals surface area contributed by atoms with Crippen LogP contribution in [0.3, 0.4) is 0 Å². The van der Waals surface area contributed by atoms with Crippen molar-refractivity contribution >= 4 is 0 Å².